The molecule has 2 N–H and O–H groups in total. The summed E-state index contributed by atoms with van der Waals surface area (Å²) in [6.07, 6.45) is 5.78. The van der Waals surface area contributed by atoms with E-state index in [-0.39, 0.29) is 5.41 Å². The number of aliphatic hydroxyl groups is 1. The van der Waals surface area contributed by atoms with Crippen LogP contribution in [-0.4, -0.2) is 24.8 Å². The van der Waals surface area contributed by atoms with Crippen molar-refractivity contribution >= 4 is 0 Å². The van der Waals surface area contributed by atoms with E-state index in [0.717, 1.165) is 25.9 Å². The summed E-state index contributed by atoms with van der Waals surface area (Å²) in [5.74, 6) is 0. The highest BCUT2D eigenvalue weighted by atomic mass is 16.2. The fraction of sp³-hybridized carbons (Fsp3) is 0.647. The maximum atomic E-state index is 8.77. The number of rotatable bonds is 7. The molecule has 1 aromatic rings. The number of aryl methyl sites for hydroxylation is 2. The monoisotopic (exact) mass is 261 g/mol. The third kappa shape index (κ3) is 3.80. The van der Waals surface area contributed by atoms with Gasteiger partial charge in [0.15, 0.2) is 0 Å². The van der Waals surface area contributed by atoms with Crippen molar-refractivity contribution < 1.29 is 5.11 Å². The zero-order valence-electron chi connectivity index (χ0n) is 12.3. The number of benzene rings is 1. The number of nitrogens with one attached hydrogen (secondary N) is 1. The summed E-state index contributed by atoms with van der Waals surface area (Å²) in [6.45, 7) is 6.91. The van der Waals surface area contributed by atoms with Crippen molar-refractivity contribution in [2.45, 2.75) is 51.4 Å². The zero-order chi connectivity index (χ0) is 13.7. The molecule has 0 amide bonds. The molecule has 2 rings (SSSR count). The summed E-state index contributed by atoms with van der Waals surface area (Å²) >= 11 is 0. The Morgan fingerprint density at radius 3 is 2.74 bits per heavy atom. The van der Waals surface area contributed by atoms with Gasteiger partial charge in [0.1, 0.15) is 0 Å². The lowest BCUT2D eigenvalue weighted by Crippen LogP contribution is -2.33. The van der Waals surface area contributed by atoms with Crippen molar-refractivity contribution in [3.05, 3.63) is 34.9 Å². The van der Waals surface area contributed by atoms with Crippen LogP contribution in [0, 0.1) is 0 Å². The number of unbranched alkanes of at least 4 members (excludes halogenated alkanes) is 1. The van der Waals surface area contributed by atoms with Crippen molar-refractivity contribution in [1.82, 2.24) is 5.32 Å². The second-order valence-corrected chi connectivity index (χ2v) is 6.33. The smallest absolute Gasteiger partial charge is 0.0431 e. The molecule has 0 saturated carbocycles. The summed E-state index contributed by atoms with van der Waals surface area (Å²) in [4.78, 5) is 0. The summed E-state index contributed by atoms with van der Waals surface area (Å²) in [5.41, 5.74) is 4.74. The highest BCUT2D eigenvalue weighted by molar-refractivity contribution is 5.38. The molecular formula is C17H27NO. The van der Waals surface area contributed by atoms with Crippen LogP contribution in [0.2, 0.25) is 0 Å². The van der Waals surface area contributed by atoms with Crippen LogP contribution < -0.4 is 5.32 Å². The van der Waals surface area contributed by atoms with Crippen LogP contribution in [0.15, 0.2) is 18.2 Å². The Morgan fingerprint density at radius 2 is 1.95 bits per heavy atom. The molecule has 1 aromatic carbocycles. The van der Waals surface area contributed by atoms with Gasteiger partial charge in [0, 0.05) is 18.6 Å². The molecule has 2 nitrogen and oxygen atoms in total. The largest absolute Gasteiger partial charge is 0.396 e. The van der Waals surface area contributed by atoms with Crippen LogP contribution in [0.5, 0.6) is 0 Å². The van der Waals surface area contributed by atoms with E-state index in [1.54, 1.807) is 11.1 Å². The molecule has 106 valence electrons. The molecule has 2 heteroatoms. The molecule has 0 atom stereocenters. The van der Waals surface area contributed by atoms with E-state index >= 15 is 0 Å². The summed E-state index contributed by atoms with van der Waals surface area (Å²) in [6, 6.07) is 7.04. The van der Waals surface area contributed by atoms with Gasteiger partial charge >= 0.3 is 0 Å². The Labute approximate surface area is 117 Å². The molecule has 0 fully saturated rings. The average Bonchev–Trinajstić information content (AvgIpc) is 2.85. The third-order valence-corrected chi connectivity index (χ3v) is 4.21. The van der Waals surface area contributed by atoms with Crippen LogP contribution in [0.25, 0.3) is 0 Å². The molecule has 0 aliphatic heterocycles. The van der Waals surface area contributed by atoms with E-state index in [1.165, 1.54) is 24.8 Å². The Kier molecular flexibility index (Phi) is 5.00. The SMILES string of the molecule is CC(C)(CNCCCCO)c1ccc2c(c1)CCC2. The molecule has 0 unspecified atom stereocenters. The minimum absolute atomic E-state index is 0.177. The number of hydrogen-bond donors (Lipinski definition) is 2. The second kappa shape index (κ2) is 6.53. The Bertz CT molecular complexity index is 412. The predicted octanol–water partition coefficient (Wildman–Crippen LogP) is 2.82. The standard InChI is InChI=1S/C17H27NO/c1-17(2,13-18-10-3-4-11-19)16-9-8-14-6-5-7-15(14)12-16/h8-9,12,18-19H,3-7,10-11,13H2,1-2H3. The highest BCUT2D eigenvalue weighted by Crippen LogP contribution is 2.29. The quantitative estimate of drug-likeness (QED) is 0.740. The first-order valence-electron chi connectivity index (χ1n) is 7.57. The number of fused-ring (bicyclic) bond motifs is 1. The van der Waals surface area contributed by atoms with Gasteiger partial charge in [0.25, 0.3) is 0 Å². The normalized spacial score (nSPS) is 14.7. The minimum Gasteiger partial charge on any atom is -0.396 e. The molecule has 0 bridgehead atoms. The van der Waals surface area contributed by atoms with Crippen LogP contribution >= 0.6 is 0 Å². The van der Waals surface area contributed by atoms with Gasteiger partial charge < -0.3 is 10.4 Å². The minimum atomic E-state index is 0.177. The van der Waals surface area contributed by atoms with Gasteiger partial charge in [-0.3, -0.25) is 0 Å². The van der Waals surface area contributed by atoms with Crippen LogP contribution in [0.1, 0.15) is 49.8 Å². The summed E-state index contributed by atoms with van der Waals surface area (Å²) in [7, 11) is 0. The van der Waals surface area contributed by atoms with E-state index < -0.39 is 0 Å². The maximum Gasteiger partial charge on any atom is 0.0431 e. The number of aliphatic hydroxyl groups excluding tert-OH is 1. The van der Waals surface area contributed by atoms with Crippen molar-refractivity contribution in [3.63, 3.8) is 0 Å². The molecule has 0 saturated heterocycles. The highest BCUT2D eigenvalue weighted by Gasteiger charge is 2.22. The Hall–Kier alpha value is -0.860. The van der Waals surface area contributed by atoms with Crippen molar-refractivity contribution in [2.24, 2.45) is 0 Å². The Balaban J connectivity index is 1.91. The molecule has 0 radical (unpaired) electrons. The molecule has 1 aliphatic carbocycles. The fourth-order valence-corrected chi connectivity index (χ4v) is 2.86. The average molecular weight is 261 g/mol. The van der Waals surface area contributed by atoms with Gasteiger partial charge in [0.05, 0.1) is 0 Å². The van der Waals surface area contributed by atoms with Crippen molar-refractivity contribution in [1.29, 1.82) is 0 Å². The van der Waals surface area contributed by atoms with E-state index in [0.29, 0.717) is 6.61 Å². The first-order chi connectivity index (χ1) is 9.13. The van der Waals surface area contributed by atoms with Gasteiger partial charge in [0.2, 0.25) is 0 Å². The van der Waals surface area contributed by atoms with E-state index in [4.69, 9.17) is 5.11 Å². The third-order valence-electron chi connectivity index (χ3n) is 4.21. The van der Waals surface area contributed by atoms with Gasteiger partial charge in [-0.1, -0.05) is 32.0 Å². The molecule has 0 heterocycles. The zero-order valence-corrected chi connectivity index (χ0v) is 12.3. The van der Waals surface area contributed by atoms with Crippen molar-refractivity contribution in [2.75, 3.05) is 19.7 Å². The van der Waals surface area contributed by atoms with E-state index in [2.05, 4.69) is 37.4 Å². The van der Waals surface area contributed by atoms with E-state index in [1.807, 2.05) is 0 Å². The summed E-state index contributed by atoms with van der Waals surface area (Å²) < 4.78 is 0. The van der Waals surface area contributed by atoms with Gasteiger partial charge in [-0.2, -0.15) is 0 Å². The molecule has 19 heavy (non-hydrogen) atoms. The van der Waals surface area contributed by atoms with Gasteiger partial charge in [-0.05, 0) is 55.3 Å². The topological polar surface area (TPSA) is 32.3 Å². The van der Waals surface area contributed by atoms with Crippen LogP contribution in [0.4, 0.5) is 0 Å². The molecule has 1 aliphatic rings. The van der Waals surface area contributed by atoms with Gasteiger partial charge in [-0.25, -0.2) is 0 Å². The number of hydrogen-bond acceptors (Lipinski definition) is 2. The van der Waals surface area contributed by atoms with E-state index in [9.17, 15) is 0 Å². The molecule has 0 aromatic heterocycles. The second-order valence-electron chi connectivity index (χ2n) is 6.33. The predicted molar refractivity (Wildman–Crippen MR) is 80.7 cm³/mol. The first-order valence-corrected chi connectivity index (χ1v) is 7.57. The first kappa shape index (κ1) is 14.5. The lowest BCUT2D eigenvalue weighted by Gasteiger charge is -2.26. The fourth-order valence-electron chi connectivity index (χ4n) is 2.86. The van der Waals surface area contributed by atoms with Crippen LogP contribution in [0.3, 0.4) is 0 Å². The maximum absolute atomic E-state index is 8.77. The van der Waals surface area contributed by atoms with Gasteiger partial charge in [-0.15, -0.1) is 0 Å². The molecular weight excluding hydrogens is 234 g/mol. The van der Waals surface area contributed by atoms with Crippen LogP contribution in [-0.2, 0) is 18.3 Å². The lowest BCUT2D eigenvalue weighted by molar-refractivity contribution is 0.283. The Morgan fingerprint density at radius 1 is 1.16 bits per heavy atom. The summed E-state index contributed by atoms with van der Waals surface area (Å²) in [5, 5.41) is 12.3. The molecule has 0 spiro atoms. The van der Waals surface area contributed by atoms with Crippen molar-refractivity contribution in [3.8, 4) is 0 Å². The lowest BCUT2D eigenvalue weighted by atomic mass is 9.83.